The topological polar surface area (TPSA) is 22.1 Å². The van der Waals surface area contributed by atoms with Crippen LogP contribution in [0.15, 0.2) is 30.3 Å². The summed E-state index contributed by atoms with van der Waals surface area (Å²) < 4.78 is 19.3. The van der Waals surface area contributed by atoms with Gasteiger partial charge in [-0.15, -0.1) is 11.6 Å². The lowest BCUT2D eigenvalue weighted by atomic mass is 10.2. The van der Waals surface area contributed by atoms with Gasteiger partial charge in [0.05, 0.1) is 0 Å². The number of alkyl halides is 1. The Kier molecular flexibility index (Phi) is 4.96. The van der Waals surface area contributed by atoms with E-state index in [1.165, 1.54) is 6.07 Å². The van der Waals surface area contributed by atoms with Crippen LogP contribution in [0.25, 0.3) is 0 Å². The Morgan fingerprint density at radius 3 is 2.75 bits per heavy atom. The van der Waals surface area contributed by atoms with Gasteiger partial charge in [0, 0.05) is 17.6 Å². The van der Waals surface area contributed by atoms with Crippen LogP contribution in [0.2, 0.25) is 0 Å². The van der Waals surface area contributed by atoms with Crippen LogP contribution in [0, 0.1) is 12.7 Å². The monoisotopic (exact) mass is 293 g/mol. The maximum absolute atomic E-state index is 13.7. The zero-order valence-corrected chi connectivity index (χ0v) is 12.4. The summed E-state index contributed by atoms with van der Waals surface area (Å²) in [5, 5.41) is 0. The van der Waals surface area contributed by atoms with Gasteiger partial charge in [-0.3, -0.25) is 0 Å². The van der Waals surface area contributed by atoms with Gasteiger partial charge < -0.3 is 4.74 Å². The summed E-state index contributed by atoms with van der Waals surface area (Å²) in [5.74, 6) is 0.555. The smallest absolute Gasteiger partial charge is 0.219 e. The molecule has 0 aliphatic carbocycles. The predicted molar refractivity (Wildman–Crippen MR) is 79.0 cm³/mol. The number of benzene rings is 1. The molecule has 20 heavy (non-hydrogen) atoms. The minimum atomic E-state index is -0.397. The summed E-state index contributed by atoms with van der Waals surface area (Å²) in [6.45, 7) is 3.97. The van der Waals surface area contributed by atoms with Gasteiger partial charge in [-0.25, -0.2) is 9.37 Å². The van der Waals surface area contributed by atoms with Gasteiger partial charge in [-0.05, 0) is 42.7 Å². The first-order valence-electron chi connectivity index (χ1n) is 6.62. The number of hydrogen-bond acceptors (Lipinski definition) is 2. The minimum absolute atomic E-state index is 0.187. The standard InChI is InChI=1S/C16H17ClFNO/c1-3-4-13-8-12(10-17)9-16(19-13)20-15-7-11(2)5-6-14(15)18/h5-9H,3-4,10H2,1-2H3. The molecule has 2 nitrogen and oxygen atoms in total. The first kappa shape index (κ1) is 14.8. The zero-order chi connectivity index (χ0) is 14.5. The van der Waals surface area contributed by atoms with E-state index in [0.29, 0.717) is 11.8 Å². The van der Waals surface area contributed by atoms with Gasteiger partial charge in [-0.2, -0.15) is 0 Å². The third-order valence-corrected chi connectivity index (χ3v) is 3.18. The molecule has 0 unspecified atom stereocenters. The third-order valence-electron chi connectivity index (χ3n) is 2.88. The molecule has 0 amide bonds. The molecule has 106 valence electrons. The normalized spacial score (nSPS) is 10.6. The third kappa shape index (κ3) is 3.70. The van der Waals surface area contributed by atoms with Crippen LogP contribution < -0.4 is 4.74 Å². The Labute approximate surface area is 123 Å². The second-order valence-electron chi connectivity index (χ2n) is 4.72. The largest absolute Gasteiger partial charge is 0.436 e. The fourth-order valence-electron chi connectivity index (χ4n) is 1.94. The van der Waals surface area contributed by atoms with Crippen LogP contribution in [0.1, 0.15) is 30.2 Å². The molecule has 2 aromatic rings. The van der Waals surface area contributed by atoms with Crippen molar-refractivity contribution in [1.82, 2.24) is 4.98 Å². The van der Waals surface area contributed by atoms with Gasteiger partial charge in [0.25, 0.3) is 0 Å². The molecule has 2 rings (SSSR count). The van der Waals surface area contributed by atoms with Crippen molar-refractivity contribution in [2.75, 3.05) is 0 Å². The zero-order valence-electron chi connectivity index (χ0n) is 11.6. The lowest BCUT2D eigenvalue weighted by molar-refractivity contribution is 0.425. The summed E-state index contributed by atoms with van der Waals surface area (Å²) in [6.07, 6.45) is 1.83. The molecule has 1 aromatic carbocycles. The highest BCUT2D eigenvalue weighted by molar-refractivity contribution is 6.17. The number of nitrogens with zero attached hydrogens (tertiary/aromatic N) is 1. The van der Waals surface area contributed by atoms with Crippen LogP contribution in [0.4, 0.5) is 4.39 Å². The summed E-state index contributed by atoms with van der Waals surface area (Å²) in [4.78, 5) is 4.39. The average molecular weight is 294 g/mol. The first-order chi connectivity index (χ1) is 9.62. The van der Waals surface area contributed by atoms with E-state index in [2.05, 4.69) is 11.9 Å². The summed E-state index contributed by atoms with van der Waals surface area (Å²) in [5.41, 5.74) is 2.77. The Morgan fingerprint density at radius 1 is 1.25 bits per heavy atom. The van der Waals surface area contributed by atoms with Crippen LogP contribution in [-0.2, 0) is 12.3 Å². The fourth-order valence-corrected chi connectivity index (χ4v) is 2.09. The Morgan fingerprint density at radius 2 is 2.05 bits per heavy atom. The van der Waals surface area contributed by atoms with E-state index in [4.69, 9.17) is 16.3 Å². The number of rotatable bonds is 5. The molecule has 0 aliphatic rings. The van der Waals surface area contributed by atoms with Gasteiger partial charge in [0.15, 0.2) is 11.6 Å². The second-order valence-corrected chi connectivity index (χ2v) is 4.99. The van der Waals surface area contributed by atoms with E-state index in [0.717, 1.165) is 29.7 Å². The molecule has 0 bridgehead atoms. The molecule has 0 saturated heterocycles. The number of ether oxygens (including phenoxy) is 1. The van der Waals surface area contributed by atoms with Crippen LogP contribution in [0.3, 0.4) is 0 Å². The van der Waals surface area contributed by atoms with Crippen LogP contribution >= 0.6 is 11.6 Å². The SMILES string of the molecule is CCCc1cc(CCl)cc(Oc2cc(C)ccc2F)n1. The van der Waals surface area contributed by atoms with E-state index >= 15 is 0 Å². The lowest BCUT2D eigenvalue weighted by Crippen LogP contribution is -1.97. The molecule has 1 heterocycles. The highest BCUT2D eigenvalue weighted by atomic mass is 35.5. The van der Waals surface area contributed by atoms with Crippen molar-refractivity contribution in [3.05, 3.63) is 53.0 Å². The molecule has 0 aliphatic heterocycles. The van der Waals surface area contributed by atoms with Crippen molar-refractivity contribution in [2.24, 2.45) is 0 Å². The van der Waals surface area contributed by atoms with Crippen molar-refractivity contribution < 1.29 is 9.13 Å². The van der Waals surface area contributed by atoms with Crippen LogP contribution in [0.5, 0.6) is 11.6 Å². The summed E-state index contributed by atoms with van der Waals surface area (Å²) in [6, 6.07) is 8.45. The molecular formula is C16H17ClFNO. The van der Waals surface area contributed by atoms with Crippen molar-refractivity contribution in [3.63, 3.8) is 0 Å². The quantitative estimate of drug-likeness (QED) is 0.723. The average Bonchev–Trinajstić information content (AvgIpc) is 2.43. The van der Waals surface area contributed by atoms with E-state index in [1.807, 2.05) is 13.0 Å². The molecule has 4 heteroatoms. The number of halogens is 2. The van der Waals surface area contributed by atoms with E-state index in [1.54, 1.807) is 18.2 Å². The highest BCUT2D eigenvalue weighted by Gasteiger charge is 2.08. The summed E-state index contributed by atoms with van der Waals surface area (Å²) in [7, 11) is 0. The fraction of sp³-hybridized carbons (Fsp3) is 0.312. The Hall–Kier alpha value is -1.61. The molecule has 0 spiro atoms. The highest BCUT2D eigenvalue weighted by Crippen LogP contribution is 2.25. The molecule has 1 aromatic heterocycles. The number of hydrogen-bond donors (Lipinski definition) is 0. The van der Waals surface area contributed by atoms with Crippen molar-refractivity contribution >= 4 is 11.6 Å². The molecule has 0 fully saturated rings. The Balaban J connectivity index is 2.32. The maximum atomic E-state index is 13.7. The number of pyridine rings is 1. The van der Waals surface area contributed by atoms with E-state index in [-0.39, 0.29) is 5.75 Å². The molecule has 0 radical (unpaired) electrons. The van der Waals surface area contributed by atoms with Gasteiger partial charge >= 0.3 is 0 Å². The first-order valence-corrected chi connectivity index (χ1v) is 7.15. The lowest BCUT2D eigenvalue weighted by Gasteiger charge is -2.10. The molecule has 0 atom stereocenters. The van der Waals surface area contributed by atoms with Crippen molar-refractivity contribution in [1.29, 1.82) is 0 Å². The van der Waals surface area contributed by atoms with Crippen LogP contribution in [-0.4, -0.2) is 4.98 Å². The minimum Gasteiger partial charge on any atom is -0.436 e. The van der Waals surface area contributed by atoms with E-state index in [9.17, 15) is 4.39 Å². The molecular weight excluding hydrogens is 277 g/mol. The van der Waals surface area contributed by atoms with Gasteiger partial charge in [0.1, 0.15) is 0 Å². The van der Waals surface area contributed by atoms with Gasteiger partial charge in [-0.1, -0.05) is 19.4 Å². The maximum Gasteiger partial charge on any atom is 0.219 e. The summed E-state index contributed by atoms with van der Waals surface area (Å²) >= 11 is 5.87. The van der Waals surface area contributed by atoms with Crippen molar-refractivity contribution in [2.45, 2.75) is 32.6 Å². The number of aromatic nitrogens is 1. The van der Waals surface area contributed by atoms with Gasteiger partial charge in [0.2, 0.25) is 5.88 Å². The van der Waals surface area contributed by atoms with E-state index < -0.39 is 5.82 Å². The second kappa shape index (κ2) is 6.71. The predicted octanol–water partition coefficient (Wildman–Crippen LogP) is 5.01. The molecule has 0 saturated carbocycles. The Bertz CT molecular complexity index is 601. The van der Waals surface area contributed by atoms with Crippen molar-refractivity contribution in [3.8, 4) is 11.6 Å². The number of aryl methyl sites for hydroxylation is 2. The molecule has 0 N–H and O–H groups in total.